The Labute approximate surface area is 138 Å². The molecule has 0 aliphatic heterocycles. The van der Waals surface area contributed by atoms with Gasteiger partial charge >= 0.3 is 5.97 Å². The van der Waals surface area contributed by atoms with E-state index in [1.807, 2.05) is 54.6 Å². The Hall–Kier alpha value is -2.66. The largest absolute Gasteiger partial charge is 0.477 e. The first-order valence-electron chi connectivity index (χ1n) is 7.33. The lowest BCUT2D eigenvalue weighted by Gasteiger charge is -2.03. The average molecular weight is 324 g/mol. The van der Waals surface area contributed by atoms with Crippen LogP contribution in [0.2, 0.25) is 0 Å². The van der Waals surface area contributed by atoms with Gasteiger partial charge in [0.1, 0.15) is 4.88 Å². The van der Waals surface area contributed by atoms with E-state index in [9.17, 15) is 9.90 Å². The second-order valence-electron chi connectivity index (χ2n) is 5.04. The third-order valence-corrected chi connectivity index (χ3v) is 4.44. The monoisotopic (exact) mass is 324 g/mol. The summed E-state index contributed by atoms with van der Waals surface area (Å²) in [6, 6.07) is 17.4. The van der Waals surface area contributed by atoms with E-state index in [0.717, 1.165) is 29.0 Å². The summed E-state index contributed by atoms with van der Waals surface area (Å²) in [6.07, 6.45) is 0.985. The summed E-state index contributed by atoms with van der Waals surface area (Å²) >= 11 is 1.15. The van der Waals surface area contributed by atoms with Crippen molar-refractivity contribution in [2.75, 3.05) is 5.32 Å². The molecule has 2 N–H and O–H groups in total. The number of nitrogens with one attached hydrogen (secondary N) is 1. The molecule has 0 aliphatic rings. The van der Waals surface area contributed by atoms with Gasteiger partial charge in [-0.2, -0.15) is 0 Å². The first kappa shape index (κ1) is 15.2. The van der Waals surface area contributed by atoms with Crippen LogP contribution < -0.4 is 5.32 Å². The molecule has 0 fully saturated rings. The zero-order chi connectivity index (χ0) is 16.2. The molecule has 23 heavy (non-hydrogen) atoms. The minimum atomic E-state index is -0.962. The molecule has 4 nitrogen and oxygen atoms in total. The molecule has 3 rings (SSSR count). The summed E-state index contributed by atoms with van der Waals surface area (Å²) < 4.78 is 0. The van der Waals surface area contributed by atoms with Crippen LogP contribution in [-0.2, 0) is 6.42 Å². The lowest BCUT2D eigenvalue weighted by atomic mass is 10.1. The number of hydrogen-bond acceptors (Lipinski definition) is 4. The Kier molecular flexibility index (Phi) is 4.39. The first-order chi connectivity index (χ1) is 11.2. The topological polar surface area (TPSA) is 62.2 Å². The Bertz CT molecular complexity index is 811. The molecule has 0 radical (unpaired) electrons. The fraction of sp³-hybridized carbons (Fsp3) is 0.111. The van der Waals surface area contributed by atoms with E-state index in [0.29, 0.717) is 10.8 Å². The number of aryl methyl sites for hydroxylation is 1. The number of anilines is 2. The van der Waals surface area contributed by atoms with Crippen molar-refractivity contribution in [1.29, 1.82) is 0 Å². The zero-order valence-electron chi connectivity index (χ0n) is 12.6. The van der Waals surface area contributed by atoms with E-state index in [1.54, 1.807) is 0 Å². The molecule has 2 aromatic carbocycles. The van der Waals surface area contributed by atoms with E-state index < -0.39 is 5.97 Å². The van der Waals surface area contributed by atoms with Gasteiger partial charge in [0.25, 0.3) is 0 Å². The van der Waals surface area contributed by atoms with Crippen molar-refractivity contribution >= 4 is 28.1 Å². The highest BCUT2D eigenvalue weighted by molar-refractivity contribution is 7.18. The molecule has 1 heterocycles. The third kappa shape index (κ3) is 3.40. The van der Waals surface area contributed by atoms with Gasteiger partial charge in [0.2, 0.25) is 0 Å². The summed E-state index contributed by atoms with van der Waals surface area (Å²) in [5, 5.41) is 13.2. The summed E-state index contributed by atoms with van der Waals surface area (Å²) in [7, 11) is 0. The van der Waals surface area contributed by atoms with E-state index >= 15 is 0 Å². The number of aromatic carboxylic acids is 1. The quantitative estimate of drug-likeness (QED) is 0.706. The van der Waals surface area contributed by atoms with Crippen molar-refractivity contribution in [2.45, 2.75) is 13.3 Å². The van der Waals surface area contributed by atoms with Crippen molar-refractivity contribution in [3.63, 3.8) is 0 Å². The van der Waals surface area contributed by atoms with Gasteiger partial charge in [0.15, 0.2) is 5.13 Å². The van der Waals surface area contributed by atoms with Crippen LogP contribution in [0.5, 0.6) is 0 Å². The van der Waals surface area contributed by atoms with Crippen LogP contribution in [0, 0.1) is 0 Å². The molecular weight excluding hydrogens is 308 g/mol. The molecule has 0 bridgehead atoms. The Morgan fingerprint density at radius 2 is 1.83 bits per heavy atom. The average Bonchev–Trinajstić information content (AvgIpc) is 3.00. The number of thiazole rings is 1. The van der Waals surface area contributed by atoms with Gasteiger partial charge in [-0.3, -0.25) is 0 Å². The van der Waals surface area contributed by atoms with Gasteiger partial charge in [-0.1, -0.05) is 60.7 Å². The minimum Gasteiger partial charge on any atom is -0.477 e. The smallest absolute Gasteiger partial charge is 0.348 e. The number of nitrogens with zero attached hydrogens (tertiary/aromatic N) is 1. The summed E-state index contributed by atoms with van der Waals surface area (Å²) in [5.74, 6) is -0.962. The normalized spacial score (nSPS) is 10.5. The number of carboxylic acids is 1. The molecule has 3 aromatic rings. The fourth-order valence-electron chi connectivity index (χ4n) is 2.26. The van der Waals surface area contributed by atoms with Gasteiger partial charge < -0.3 is 10.4 Å². The number of benzene rings is 2. The van der Waals surface area contributed by atoms with E-state index in [2.05, 4.69) is 17.2 Å². The number of hydrogen-bond donors (Lipinski definition) is 2. The Morgan fingerprint density at radius 1 is 1.13 bits per heavy atom. The van der Waals surface area contributed by atoms with Gasteiger partial charge in [0, 0.05) is 11.3 Å². The van der Waals surface area contributed by atoms with Crippen molar-refractivity contribution in [3.8, 4) is 11.3 Å². The lowest BCUT2D eigenvalue weighted by Crippen LogP contribution is -1.95. The van der Waals surface area contributed by atoms with Crippen LogP contribution in [0.3, 0.4) is 0 Å². The van der Waals surface area contributed by atoms with Gasteiger partial charge in [-0.15, -0.1) is 0 Å². The van der Waals surface area contributed by atoms with Crippen LogP contribution in [0.4, 0.5) is 10.8 Å². The van der Waals surface area contributed by atoms with Gasteiger partial charge in [-0.05, 0) is 24.1 Å². The summed E-state index contributed by atoms with van der Waals surface area (Å²) in [6.45, 7) is 2.11. The Morgan fingerprint density at radius 3 is 2.43 bits per heavy atom. The van der Waals surface area contributed by atoms with E-state index in [-0.39, 0.29) is 4.88 Å². The maximum Gasteiger partial charge on any atom is 0.348 e. The highest BCUT2D eigenvalue weighted by Crippen LogP contribution is 2.32. The van der Waals surface area contributed by atoms with Crippen LogP contribution in [0.25, 0.3) is 11.3 Å². The standard InChI is InChI=1S/C18H16N2O2S/c1-2-12-8-10-14(11-9-12)19-18-20-15(16(23-18)17(21)22)13-6-4-3-5-7-13/h3-11H,2H2,1H3,(H,19,20)(H,21,22). The van der Waals surface area contributed by atoms with Crippen molar-refractivity contribution < 1.29 is 9.90 Å². The second kappa shape index (κ2) is 6.62. The van der Waals surface area contributed by atoms with Gasteiger partial charge in [0.05, 0.1) is 5.69 Å². The van der Waals surface area contributed by atoms with Crippen LogP contribution in [0.1, 0.15) is 22.2 Å². The van der Waals surface area contributed by atoms with E-state index in [1.165, 1.54) is 5.56 Å². The molecular formula is C18H16N2O2S. The second-order valence-corrected chi connectivity index (χ2v) is 6.04. The maximum absolute atomic E-state index is 11.5. The molecule has 1 aromatic heterocycles. The van der Waals surface area contributed by atoms with Crippen LogP contribution in [-0.4, -0.2) is 16.1 Å². The van der Waals surface area contributed by atoms with Crippen LogP contribution in [0.15, 0.2) is 54.6 Å². The predicted octanol–water partition coefficient (Wildman–Crippen LogP) is 4.81. The maximum atomic E-state index is 11.5. The molecule has 0 atom stereocenters. The first-order valence-corrected chi connectivity index (χ1v) is 8.14. The number of rotatable bonds is 5. The fourth-order valence-corrected chi connectivity index (χ4v) is 3.10. The number of aromatic nitrogens is 1. The zero-order valence-corrected chi connectivity index (χ0v) is 13.4. The predicted molar refractivity (Wildman–Crippen MR) is 93.6 cm³/mol. The SMILES string of the molecule is CCc1ccc(Nc2nc(-c3ccccc3)c(C(=O)O)s2)cc1. The molecule has 0 saturated heterocycles. The summed E-state index contributed by atoms with van der Waals surface area (Å²) in [5.41, 5.74) is 3.45. The van der Waals surface area contributed by atoms with E-state index in [4.69, 9.17) is 0 Å². The molecule has 0 amide bonds. The number of carboxylic acid groups (broad SMARTS) is 1. The van der Waals surface area contributed by atoms with Crippen molar-refractivity contribution in [1.82, 2.24) is 4.98 Å². The molecule has 0 unspecified atom stereocenters. The molecule has 0 aliphatic carbocycles. The molecule has 0 saturated carbocycles. The molecule has 116 valence electrons. The van der Waals surface area contributed by atoms with Gasteiger partial charge in [-0.25, -0.2) is 9.78 Å². The molecule has 0 spiro atoms. The molecule has 5 heteroatoms. The van der Waals surface area contributed by atoms with Crippen LogP contribution >= 0.6 is 11.3 Å². The Balaban J connectivity index is 1.92. The lowest BCUT2D eigenvalue weighted by molar-refractivity contribution is 0.0702. The van der Waals surface area contributed by atoms with Crippen molar-refractivity contribution in [3.05, 3.63) is 65.0 Å². The minimum absolute atomic E-state index is 0.240. The number of carbonyl (C=O) groups is 1. The highest BCUT2D eigenvalue weighted by atomic mass is 32.1. The third-order valence-electron chi connectivity index (χ3n) is 3.48. The van der Waals surface area contributed by atoms with Crippen molar-refractivity contribution in [2.24, 2.45) is 0 Å². The summed E-state index contributed by atoms with van der Waals surface area (Å²) in [4.78, 5) is 16.2. The highest BCUT2D eigenvalue weighted by Gasteiger charge is 2.18.